The van der Waals surface area contributed by atoms with Crippen LogP contribution in [-0.4, -0.2) is 38.6 Å². The van der Waals surface area contributed by atoms with Gasteiger partial charge in [0.05, 0.1) is 22.5 Å². The maximum Gasteiger partial charge on any atom is 0.423 e. The zero-order valence-electron chi connectivity index (χ0n) is 12.6. The highest BCUT2D eigenvalue weighted by Gasteiger charge is 2.26. The lowest BCUT2D eigenvalue weighted by Crippen LogP contribution is -2.26. The van der Waals surface area contributed by atoms with E-state index in [1.807, 2.05) is 0 Å². The number of carbonyl (C=O) groups excluding carboxylic acids is 1. The van der Waals surface area contributed by atoms with Gasteiger partial charge in [-0.1, -0.05) is 0 Å². The Morgan fingerprint density at radius 3 is 2.54 bits per heavy atom. The van der Waals surface area contributed by atoms with E-state index in [1.54, 1.807) is 6.92 Å². The Balaban J connectivity index is 3.12. The minimum absolute atomic E-state index is 0.0480. The van der Waals surface area contributed by atoms with E-state index in [2.05, 4.69) is 20.1 Å². The summed E-state index contributed by atoms with van der Waals surface area (Å²) in [7, 11) is 0. The zero-order valence-corrected chi connectivity index (χ0v) is 12.6. The second-order valence-corrected chi connectivity index (χ2v) is 4.19. The topological polar surface area (TPSA) is 173 Å². The van der Waals surface area contributed by atoms with Gasteiger partial charge < -0.3 is 10.3 Å². The molecule has 126 valence electrons. The smallest absolute Gasteiger partial charge is 0.423 e. The number of anilines is 1. The Kier molecular flexibility index (Phi) is 6.21. The molecule has 12 heteroatoms. The number of esters is 1. The van der Waals surface area contributed by atoms with Crippen molar-refractivity contribution in [3.05, 3.63) is 44.0 Å². The quantitative estimate of drug-likeness (QED) is 0.196. The van der Waals surface area contributed by atoms with Crippen molar-refractivity contribution >= 4 is 34.5 Å². The molecule has 0 aliphatic heterocycles. The molecule has 0 atom stereocenters. The number of hydrazone groups is 1. The van der Waals surface area contributed by atoms with Crippen LogP contribution >= 0.6 is 0 Å². The highest BCUT2D eigenvalue weighted by atomic mass is 16.6. The Labute approximate surface area is 134 Å². The second-order valence-electron chi connectivity index (χ2n) is 4.19. The second kappa shape index (κ2) is 8.10. The maximum atomic E-state index is 11.5. The van der Waals surface area contributed by atoms with Crippen LogP contribution in [0.1, 0.15) is 13.8 Å². The molecule has 0 saturated carbocycles. The van der Waals surface area contributed by atoms with Crippen LogP contribution in [0.3, 0.4) is 0 Å². The summed E-state index contributed by atoms with van der Waals surface area (Å²) >= 11 is 0. The van der Waals surface area contributed by atoms with Gasteiger partial charge >= 0.3 is 17.4 Å². The first kappa shape index (κ1) is 18.4. The average Bonchev–Trinajstić information content (AvgIpc) is 2.53. The van der Waals surface area contributed by atoms with Gasteiger partial charge in [-0.15, -0.1) is 0 Å². The van der Waals surface area contributed by atoms with E-state index in [1.165, 1.54) is 6.92 Å². The largest absolute Gasteiger partial charge is 0.457 e. The molecule has 0 bridgehead atoms. The predicted octanol–water partition coefficient (Wildman–Crippen LogP) is 1.52. The van der Waals surface area contributed by atoms with Crippen LogP contribution in [0, 0.1) is 20.2 Å². The Hall–Kier alpha value is -3.66. The fourth-order valence-electron chi connectivity index (χ4n) is 1.54. The molecule has 0 aliphatic carbocycles. The van der Waals surface area contributed by atoms with Gasteiger partial charge in [-0.25, -0.2) is 4.79 Å². The van der Waals surface area contributed by atoms with Crippen LogP contribution in [0.2, 0.25) is 0 Å². The fraction of sp³-hybridized carbons (Fsp3) is 0.250. The first-order chi connectivity index (χ1) is 11.3. The van der Waals surface area contributed by atoms with Crippen molar-refractivity contribution in [3.63, 3.8) is 0 Å². The summed E-state index contributed by atoms with van der Waals surface area (Å²) in [5.41, 5.74) is 9.33. The Bertz CT molecular complexity index is 767. The van der Waals surface area contributed by atoms with Gasteiger partial charge in [-0.05, 0) is 19.9 Å². The molecule has 0 aliphatic rings. The molecule has 1 N–H and O–H groups in total. The molecular formula is C12H12N6O6. The predicted molar refractivity (Wildman–Crippen MR) is 81.7 cm³/mol. The van der Waals surface area contributed by atoms with Crippen molar-refractivity contribution in [2.45, 2.75) is 13.8 Å². The summed E-state index contributed by atoms with van der Waals surface area (Å²) in [5.74, 6) is -0.929. The zero-order chi connectivity index (χ0) is 18.3. The number of nitrogens with zero attached hydrogens (tertiary/aromatic N) is 5. The number of carbonyl (C=O) groups is 1. The van der Waals surface area contributed by atoms with Crippen molar-refractivity contribution in [1.29, 1.82) is 0 Å². The van der Waals surface area contributed by atoms with Crippen LogP contribution in [-0.2, 0) is 9.53 Å². The number of ether oxygens (including phenoxy) is 1. The molecular weight excluding hydrogens is 324 g/mol. The van der Waals surface area contributed by atoms with E-state index >= 15 is 0 Å². The molecule has 1 aromatic rings. The normalized spacial score (nSPS) is 10.5. The van der Waals surface area contributed by atoms with Crippen molar-refractivity contribution in [2.75, 3.05) is 12.0 Å². The molecule has 0 aromatic heterocycles. The van der Waals surface area contributed by atoms with Gasteiger partial charge in [0.2, 0.25) is 0 Å². The van der Waals surface area contributed by atoms with Gasteiger partial charge in [-0.2, -0.15) is 9.89 Å². The molecule has 1 aromatic carbocycles. The lowest BCUT2D eigenvalue weighted by molar-refractivity contribution is -0.393. The third-order valence-corrected chi connectivity index (χ3v) is 2.64. The maximum absolute atomic E-state index is 11.5. The molecule has 0 saturated heterocycles. The third kappa shape index (κ3) is 4.42. The Morgan fingerprint density at radius 2 is 2.04 bits per heavy atom. The standard InChI is InChI=1S/C12H12N6O6/c1-3-24-12(19)11(14-13)7(2)15-16-9-5-4-8(17(20)21)6-10(9)18(22)23/h4-6,16H,3H2,1-2H3/b15-7+. The van der Waals surface area contributed by atoms with Crippen LogP contribution in [0.25, 0.3) is 5.53 Å². The number of hydrogen-bond acceptors (Lipinski definition) is 8. The summed E-state index contributed by atoms with van der Waals surface area (Å²) in [6.07, 6.45) is 0. The molecule has 1 rings (SSSR count). The lowest BCUT2D eigenvalue weighted by atomic mass is 10.2. The number of nitrogens with one attached hydrogen (secondary N) is 1. The van der Waals surface area contributed by atoms with Gasteiger partial charge in [-0.3, -0.25) is 25.7 Å². The average molecular weight is 336 g/mol. The van der Waals surface area contributed by atoms with Crippen LogP contribution in [0.5, 0.6) is 0 Å². The van der Waals surface area contributed by atoms with E-state index in [0.29, 0.717) is 0 Å². The number of non-ortho nitro benzene ring substituents is 1. The summed E-state index contributed by atoms with van der Waals surface area (Å²) in [4.78, 5) is 34.3. The molecule has 0 unspecified atom stereocenters. The summed E-state index contributed by atoms with van der Waals surface area (Å²) < 4.78 is 4.65. The number of benzene rings is 1. The van der Waals surface area contributed by atoms with Crippen LogP contribution < -0.4 is 5.43 Å². The SMILES string of the molecule is CCOC(=O)C(=[N+]=[N-])/C(C)=N/Nc1ccc([N+](=O)[O-])cc1[N+](=O)[O-]. The monoisotopic (exact) mass is 336 g/mol. The van der Waals surface area contributed by atoms with Gasteiger partial charge in [0.25, 0.3) is 5.69 Å². The molecule has 0 heterocycles. The molecule has 0 amide bonds. The van der Waals surface area contributed by atoms with E-state index in [4.69, 9.17) is 5.53 Å². The summed E-state index contributed by atoms with van der Waals surface area (Å²) in [5, 5.41) is 25.3. The highest BCUT2D eigenvalue weighted by Crippen LogP contribution is 2.28. The Morgan fingerprint density at radius 1 is 1.38 bits per heavy atom. The van der Waals surface area contributed by atoms with Crippen molar-refractivity contribution in [3.8, 4) is 0 Å². The lowest BCUT2D eigenvalue weighted by Gasteiger charge is -2.03. The van der Waals surface area contributed by atoms with Crippen LogP contribution in [0.4, 0.5) is 17.1 Å². The highest BCUT2D eigenvalue weighted by molar-refractivity contribution is 6.63. The van der Waals surface area contributed by atoms with Gasteiger partial charge in [0.15, 0.2) is 5.71 Å². The van der Waals surface area contributed by atoms with E-state index in [0.717, 1.165) is 18.2 Å². The fourth-order valence-corrected chi connectivity index (χ4v) is 1.54. The van der Waals surface area contributed by atoms with E-state index in [-0.39, 0.29) is 18.0 Å². The van der Waals surface area contributed by atoms with Crippen molar-refractivity contribution in [2.24, 2.45) is 5.10 Å². The van der Waals surface area contributed by atoms with Gasteiger partial charge in [0.1, 0.15) is 5.69 Å². The summed E-state index contributed by atoms with van der Waals surface area (Å²) in [6, 6.07) is 2.90. The molecule has 0 fully saturated rings. The molecule has 0 radical (unpaired) electrons. The van der Waals surface area contributed by atoms with E-state index < -0.39 is 32.9 Å². The molecule has 24 heavy (non-hydrogen) atoms. The number of nitro benzene ring substituents is 2. The van der Waals surface area contributed by atoms with Crippen molar-refractivity contribution in [1.82, 2.24) is 0 Å². The first-order valence-electron chi connectivity index (χ1n) is 6.44. The minimum atomic E-state index is -0.929. The molecule has 12 nitrogen and oxygen atoms in total. The van der Waals surface area contributed by atoms with E-state index in [9.17, 15) is 25.0 Å². The molecule has 0 spiro atoms. The van der Waals surface area contributed by atoms with Crippen LogP contribution in [0.15, 0.2) is 23.3 Å². The first-order valence-corrected chi connectivity index (χ1v) is 6.44. The number of rotatable bonds is 7. The minimum Gasteiger partial charge on any atom is -0.457 e. The summed E-state index contributed by atoms with van der Waals surface area (Å²) in [6.45, 7) is 2.90. The number of hydrogen-bond donors (Lipinski definition) is 1. The van der Waals surface area contributed by atoms with Crippen molar-refractivity contribution < 1.29 is 24.2 Å². The third-order valence-electron chi connectivity index (χ3n) is 2.64. The number of nitro groups is 2. The van der Waals surface area contributed by atoms with Gasteiger partial charge in [0, 0.05) is 6.07 Å².